The zero-order valence-corrected chi connectivity index (χ0v) is 12.8. The van der Waals surface area contributed by atoms with E-state index in [9.17, 15) is 0 Å². The summed E-state index contributed by atoms with van der Waals surface area (Å²) in [6.45, 7) is 10.8. The van der Waals surface area contributed by atoms with Crippen LogP contribution in [-0.2, 0) is 0 Å². The van der Waals surface area contributed by atoms with Crippen molar-refractivity contribution in [2.75, 3.05) is 13.1 Å². The Kier molecular flexibility index (Phi) is 5.73. The zero-order chi connectivity index (χ0) is 12.1. The highest BCUT2D eigenvalue weighted by atomic mass is 79.9. The summed E-state index contributed by atoms with van der Waals surface area (Å²) in [6, 6.07) is 2.20. The van der Waals surface area contributed by atoms with E-state index in [1.165, 1.54) is 19.8 Å². The molecule has 0 spiro atoms. The summed E-state index contributed by atoms with van der Waals surface area (Å²) < 4.78 is 1.22. The van der Waals surface area contributed by atoms with Gasteiger partial charge < -0.3 is 5.32 Å². The van der Waals surface area contributed by atoms with Gasteiger partial charge in [-0.3, -0.25) is 0 Å². The summed E-state index contributed by atoms with van der Waals surface area (Å²) in [5.41, 5.74) is 1.47. The van der Waals surface area contributed by atoms with E-state index in [1.54, 1.807) is 0 Å². The third-order valence-corrected chi connectivity index (χ3v) is 4.61. The summed E-state index contributed by atoms with van der Waals surface area (Å²) in [5, 5.41) is 3.40. The Labute approximate surface area is 111 Å². The number of thiophene rings is 1. The molecule has 16 heavy (non-hydrogen) atoms. The molecule has 0 radical (unpaired) electrons. The Morgan fingerprint density at radius 2 is 2.25 bits per heavy atom. The first-order valence-corrected chi connectivity index (χ1v) is 7.32. The molecule has 0 bridgehead atoms. The Balaban J connectivity index is 2.84. The first-order chi connectivity index (χ1) is 7.54. The van der Waals surface area contributed by atoms with Crippen LogP contribution >= 0.6 is 27.3 Å². The lowest BCUT2D eigenvalue weighted by Crippen LogP contribution is -2.18. The molecule has 1 aromatic heterocycles. The van der Waals surface area contributed by atoms with E-state index in [-0.39, 0.29) is 0 Å². The number of hydrogen-bond donors (Lipinski definition) is 1. The monoisotopic (exact) mass is 301 g/mol. The van der Waals surface area contributed by atoms with Gasteiger partial charge >= 0.3 is 0 Å². The van der Waals surface area contributed by atoms with Gasteiger partial charge in [0.1, 0.15) is 0 Å². The highest BCUT2D eigenvalue weighted by molar-refractivity contribution is 9.10. The van der Waals surface area contributed by atoms with Crippen molar-refractivity contribution in [1.29, 1.82) is 0 Å². The lowest BCUT2D eigenvalue weighted by atomic mass is 10.0. The maximum atomic E-state index is 3.56. The molecule has 0 fully saturated rings. The molecule has 0 unspecified atom stereocenters. The number of aryl methyl sites for hydroxylation is 1. The maximum Gasteiger partial charge on any atom is 0.0317 e. The van der Waals surface area contributed by atoms with Crippen molar-refractivity contribution in [3.05, 3.63) is 25.9 Å². The van der Waals surface area contributed by atoms with Gasteiger partial charge in [0.25, 0.3) is 0 Å². The summed E-state index contributed by atoms with van der Waals surface area (Å²) in [5.74, 6) is 0.597. The fourth-order valence-electron chi connectivity index (χ4n) is 1.43. The smallest absolute Gasteiger partial charge is 0.0317 e. The Bertz CT molecular complexity index is 347. The van der Waals surface area contributed by atoms with Crippen molar-refractivity contribution in [3.8, 4) is 0 Å². The molecular weight excluding hydrogens is 282 g/mol. The molecule has 0 saturated heterocycles. The molecule has 0 aliphatic carbocycles. The normalized spacial score (nSPS) is 12.5. The minimum absolute atomic E-state index is 0.597. The molecule has 1 rings (SSSR count). The number of nitrogens with one attached hydrogen (secondary N) is 1. The van der Waals surface area contributed by atoms with E-state index in [1.807, 2.05) is 11.3 Å². The molecule has 0 aromatic carbocycles. The fourth-order valence-corrected chi connectivity index (χ4v) is 2.96. The first kappa shape index (κ1) is 13.9. The standard InChI is InChI=1S/C13H20BrNS/c1-5-15-8-11(9(2)3)6-12-7-13(14)10(4)16-12/h6-7,9,15H,5,8H2,1-4H3. The van der Waals surface area contributed by atoms with Gasteiger partial charge in [-0.15, -0.1) is 11.3 Å². The second-order valence-electron chi connectivity index (χ2n) is 4.21. The minimum Gasteiger partial charge on any atom is -0.313 e. The second-order valence-corrected chi connectivity index (χ2v) is 6.35. The molecule has 1 aromatic rings. The van der Waals surface area contributed by atoms with Crippen LogP contribution in [-0.4, -0.2) is 13.1 Å². The Hall–Kier alpha value is -0.120. The molecule has 1 N–H and O–H groups in total. The van der Waals surface area contributed by atoms with Crippen LogP contribution in [0.3, 0.4) is 0 Å². The highest BCUT2D eigenvalue weighted by Gasteiger charge is 2.05. The van der Waals surface area contributed by atoms with Gasteiger partial charge in [-0.25, -0.2) is 0 Å². The van der Waals surface area contributed by atoms with Crippen LogP contribution in [0.1, 0.15) is 30.5 Å². The molecule has 0 saturated carbocycles. The third-order valence-electron chi connectivity index (χ3n) is 2.52. The van der Waals surface area contributed by atoms with Crippen molar-refractivity contribution in [1.82, 2.24) is 5.32 Å². The zero-order valence-electron chi connectivity index (χ0n) is 10.4. The van der Waals surface area contributed by atoms with Crippen LogP contribution in [0.4, 0.5) is 0 Å². The number of halogens is 1. The van der Waals surface area contributed by atoms with Crippen LogP contribution in [0.2, 0.25) is 0 Å². The lowest BCUT2D eigenvalue weighted by Gasteiger charge is -2.11. The SMILES string of the molecule is CCNCC(=Cc1cc(Br)c(C)s1)C(C)C. The third kappa shape index (κ3) is 4.04. The van der Waals surface area contributed by atoms with Gasteiger partial charge in [0.05, 0.1) is 0 Å². The van der Waals surface area contributed by atoms with E-state index in [2.05, 4.69) is 61.1 Å². The van der Waals surface area contributed by atoms with Crippen molar-refractivity contribution < 1.29 is 0 Å². The van der Waals surface area contributed by atoms with Gasteiger partial charge in [0, 0.05) is 20.8 Å². The van der Waals surface area contributed by atoms with Gasteiger partial charge in [0.2, 0.25) is 0 Å². The van der Waals surface area contributed by atoms with Gasteiger partial charge in [0.15, 0.2) is 0 Å². The predicted molar refractivity (Wildman–Crippen MR) is 78.1 cm³/mol. The average molecular weight is 302 g/mol. The highest BCUT2D eigenvalue weighted by Crippen LogP contribution is 2.28. The molecule has 0 aliphatic rings. The second kappa shape index (κ2) is 6.58. The first-order valence-electron chi connectivity index (χ1n) is 5.71. The van der Waals surface area contributed by atoms with E-state index in [0.29, 0.717) is 5.92 Å². The van der Waals surface area contributed by atoms with Crippen LogP contribution in [0.25, 0.3) is 6.08 Å². The molecule has 3 heteroatoms. The molecule has 0 aliphatic heterocycles. The summed E-state index contributed by atoms with van der Waals surface area (Å²) in [6.07, 6.45) is 2.32. The van der Waals surface area contributed by atoms with Crippen LogP contribution in [0.15, 0.2) is 16.1 Å². The number of rotatable bonds is 5. The van der Waals surface area contributed by atoms with Gasteiger partial charge in [-0.2, -0.15) is 0 Å². The van der Waals surface area contributed by atoms with Gasteiger partial charge in [-0.05, 0) is 47.5 Å². The van der Waals surface area contributed by atoms with Crippen LogP contribution in [0, 0.1) is 12.8 Å². The van der Waals surface area contributed by atoms with E-state index >= 15 is 0 Å². The summed E-state index contributed by atoms with van der Waals surface area (Å²) in [7, 11) is 0. The lowest BCUT2D eigenvalue weighted by molar-refractivity contribution is 0.683. The van der Waals surface area contributed by atoms with Crippen LogP contribution < -0.4 is 5.32 Å². The van der Waals surface area contributed by atoms with Crippen molar-refractivity contribution in [2.45, 2.75) is 27.7 Å². The largest absolute Gasteiger partial charge is 0.313 e. The van der Waals surface area contributed by atoms with Crippen molar-refractivity contribution in [2.24, 2.45) is 5.92 Å². The Morgan fingerprint density at radius 3 is 2.69 bits per heavy atom. The predicted octanol–water partition coefficient (Wildman–Crippen LogP) is 4.47. The quantitative estimate of drug-likeness (QED) is 0.846. The van der Waals surface area contributed by atoms with Crippen molar-refractivity contribution >= 4 is 33.3 Å². The number of likely N-dealkylation sites (N-methyl/N-ethyl adjacent to an activating group) is 1. The van der Waals surface area contributed by atoms with E-state index in [4.69, 9.17) is 0 Å². The summed E-state index contributed by atoms with van der Waals surface area (Å²) >= 11 is 5.40. The molecule has 0 amide bonds. The van der Waals surface area contributed by atoms with Crippen molar-refractivity contribution in [3.63, 3.8) is 0 Å². The molecule has 1 nitrogen and oxygen atoms in total. The fraction of sp³-hybridized carbons (Fsp3) is 0.538. The summed E-state index contributed by atoms with van der Waals surface area (Å²) in [4.78, 5) is 2.68. The van der Waals surface area contributed by atoms with Gasteiger partial charge in [-0.1, -0.05) is 26.3 Å². The topological polar surface area (TPSA) is 12.0 Å². The molecule has 0 atom stereocenters. The molecule has 90 valence electrons. The minimum atomic E-state index is 0.597. The van der Waals surface area contributed by atoms with E-state index < -0.39 is 0 Å². The van der Waals surface area contributed by atoms with Crippen LogP contribution in [0.5, 0.6) is 0 Å². The average Bonchev–Trinajstić information content (AvgIpc) is 2.52. The number of hydrogen-bond acceptors (Lipinski definition) is 2. The maximum absolute atomic E-state index is 3.56. The van der Waals surface area contributed by atoms with E-state index in [0.717, 1.165) is 13.1 Å². The Morgan fingerprint density at radius 1 is 1.56 bits per heavy atom. The molecular formula is C13H20BrNS. The molecule has 1 heterocycles.